The summed E-state index contributed by atoms with van der Waals surface area (Å²) in [4.78, 5) is 12.2. The number of hydrogen-bond acceptors (Lipinski definition) is 4. The third kappa shape index (κ3) is 6.64. The fraction of sp³-hybridized carbons (Fsp3) is 0.562. The second kappa shape index (κ2) is 9.46. The van der Waals surface area contributed by atoms with Crippen LogP contribution in [-0.2, 0) is 20.6 Å². The molecule has 0 bridgehead atoms. The molecule has 0 aliphatic carbocycles. The van der Waals surface area contributed by atoms with Crippen LogP contribution in [0.1, 0.15) is 18.4 Å². The van der Waals surface area contributed by atoms with Gasteiger partial charge in [-0.05, 0) is 30.5 Å². The van der Waals surface area contributed by atoms with Crippen molar-refractivity contribution < 1.29 is 13.2 Å². The van der Waals surface area contributed by atoms with E-state index in [2.05, 4.69) is 5.32 Å². The first-order valence-corrected chi connectivity index (χ1v) is 11.8. The normalized spacial score (nSPS) is 18.9. The van der Waals surface area contributed by atoms with Crippen LogP contribution in [0.2, 0.25) is 10.0 Å². The Kier molecular flexibility index (Phi) is 7.89. The zero-order chi connectivity index (χ0) is 18.4. The monoisotopic (exact) mass is 424 g/mol. The van der Waals surface area contributed by atoms with Crippen LogP contribution in [0.5, 0.6) is 0 Å². The van der Waals surface area contributed by atoms with E-state index < -0.39 is 10.0 Å². The number of carbonyl (C=O) groups is 1. The number of hydrogen-bond donors (Lipinski definition) is 1. The van der Waals surface area contributed by atoms with Gasteiger partial charge in [0.15, 0.2) is 0 Å². The minimum atomic E-state index is -3.23. The molecule has 1 amide bonds. The molecule has 25 heavy (non-hydrogen) atoms. The Morgan fingerprint density at radius 3 is 2.80 bits per heavy atom. The lowest BCUT2D eigenvalue weighted by Gasteiger charge is -2.30. The van der Waals surface area contributed by atoms with Crippen molar-refractivity contribution in [3.8, 4) is 0 Å². The molecule has 1 fully saturated rings. The van der Waals surface area contributed by atoms with Crippen molar-refractivity contribution in [1.82, 2.24) is 9.62 Å². The summed E-state index contributed by atoms with van der Waals surface area (Å²) in [6.07, 6.45) is 2.64. The Morgan fingerprint density at radius 1 is 1.36 bits per heavy atom. The van der Waals surface area contributed by atoms with Gasteiger partial charge in [-0.15, -0.1) is 0 Å². The van der Waals surface area contributed by atoms with E-state index in [1.807, 2.05) is 12.1 Å². The number of benzene rings is 1. The fourth-order valence-corrected chi connectivity index (χ4v) is 4.71. The Hall–Kier alpha value is -0.470. The van der Waals surface area contributed by atoms with Crippen molar-refractivity contribution in [3.05, 3.63) is 33.8 Å². The van der Waals surface area contributed by atoms with Crippen LogP contribution in [0.4, 0.5) is 0 Å². The van der Waals surface area contributed by atoms with Gasteiger partial charge < -0.3 is 5.32 Å². The summed E-state index contributed by atoms with van der Waals surface area (Å²) < 4.78 is 24.6. The summed E-state index contributed by atoms with van der Waals surface area (Å²) in [5.74, 6) is 1.24. The van der Waals surface area contributed by atoms with E-state index in [-0.39, 0.29) is 18.4 Å². The molecule has 5 nitrogen and oxygen atoms in total. The van der Waals surface area contributed by atoms with Crippen LogP contribution in [0.3, 0.4) is 0 Å². The number of rotatable bonds is 7. The van der Waals surface area contributed by atoms with Gasteiger partial charge >= 0.3 is 0 Å². The summed E-state index contributed by atoms with van der Waals surface area (Å²) >= 11 is 13.6. The maximum absolute atomic E-state index is 12.2. The number of thioether (sulfide) groups is 1. The molecule has 1 N–H and O–H groups in total. The SMILES string of the molecule is CS(=O)(=O)N1CCC[C@H](C(=O)NCCSCc2ccc(Cl)c(Cl)c2)C1. The second-order valence-corrected chi connectivity index (χ2v) is 9.95. The molecule has 1 aromatic rings. The molecule has 1 aromatic carbocycles. The Morgan fingerprint density at radius 2 is 2.12 bits per heavy atom. The zero-order valence-corrected chi connectivity index (χ0v) is 17.1. The Balaban J connectivity index is 1.69. The van der Waals surface area contributed by atoms with Gasteiger partial charge in [-0.3, -0.25) is 4.79 Å². The third-order valence-corrected chi connectivity index (χ3v) is 7.06. The molecule has 0 spiro atoms. The van der Waals surface area contributed by atoms with Crippen molar-refractivity contribution in [2.45, 2.75) is 18.6 Å². The van der Waals surface area contributed by atoms with Gasteiger partial charge in [0.2, 0.25) is 15.9 Å². The largest absolute Gasteiger partial charge is 0.355 e. The van der Waals surface area contributed by atoms with Crippen molar-refractivity contribution in [1.29, 1.82) is 0 Å². The molecule has 9 heteroatoms. The van der Waals surface area contributed by atoms with E-state index in [1.54, 1.807) is 17.8 Å². The van der Waals surface area contributed by atoms with Crippen molar-refractivity contribution in [2.24, 2.45) is 5.92 Å². The van der Waals surface area contributed by atoms with Crippen molar-refractivity contribution in [3.63, 3.8) is 0 Å². The van der Waals surface area contributed by atoms with E-state index in [1.165, 1.54) is 10.6 Å². The summed E-state index contributed by atoms with van der Waals surface area (Å²) in [5.41, 5.74) is 1.09. The van der Waals surface area contributed by atoms with Crippen LogP contribution in [0.25, 0.3) is 0 Å². The maximum Gasteiger partial charge on any atom is 0.224 e. The second-order valence-electron chi connectivity index (χ2n) is 6.05. The summed E-state index contributed by atoms with van der Waals surface area (Å²) in [6, 6.07) is 5.55. The number of halogens is 2. The van der Waals surface area contributed by atoms with Gasteiger partial charge in [0.1, 0.15) is 0 Å². The smallest absolute Gasteiger partial charge is 0.224 e. The van der Waals surface area contributed by atoms with E-state index in [4.69, 9.17) is 23.2 Å². The van der Waals surface area contributed by atoms with Gasteiger partial charge in [-0.1, -0.05) is 29.3 Å². The predicted molar refractivity (Wildman–Crippen MR) is 105 cm³/mol. The zero-order valence-electron chi connectivity index (χ0n) is 14.0. The lowest BCUT2D eigenvalue weighted by Crippen LogP contribution is -2.45. The number of piperidine rings is 1. The minimum absolute atomic E-state index is 0.0662. The summed E-state index contributed by atoms with van der Waals surface area (Å²) in [7, 11) is -3.23. The number of amides is 1. The maximum atomic E-state index is 12.2. The molecule has 1 saturated heterocycles. The quantitative estimate of drug-likeness (QED) is 0.682. The Bertz CT molecular complexity index is 713. The molecule has 2 rings (SSSR count). The molecule has 0 radical (unpaired) electrons. The van der Waals surface area contributed by atoms with Crippen LogP contribution in [0.15, 0.2) is 18.2 Å². The van der Waals surface area contributed by atoms with E-state index in [9.17, 15) is 13.2 Å². The third-order valence-electron chi connectivity index (χ3n) is 4.02. The van der Waals surface area contributed by atoms with E-state index >= 15 is 0 Å². The van der Waals surface area contributed by atoms with Crippen LogP contribution in [-0.4, -0.2) is 50.3 Å². The number of sulfonamides is 1. The molecule has 1 atom stereocenters. The molecule has 0 saturated carbocycles. The van der Waals surface area contributed by atoms with Crippen molar-refractivity contribution >= 4 is 50.9 Å². The minimum Gasteiger partial charge on any atom is -0.355 e. The first-order chi connectivity index (χ1) is 11.8. The standard InChI is InChI=1S/C16H22Cl2N2O3S2/c1-25(22,23)20-7-2-3-13(10-20)16(21)19-6-8-24-11-12-4-5-14(17)15(18)9-12/h4-5,9,13H,2-3,6-8,10-11H2,1H3,(H,19,21)/t13-/m0/s1. The fourth-order valence-electron chi connectivity index (χ4n) is 2.67. The molecule has 1 aliphatic rings. The van der Waals surface area contributed by atoms with E-state index in [0.29, 0.717) is 23.1 Å². The molecular weight excluding hydrogens is 403 g/mol. The Labute approximate surface area is 163 Å². The van der Waals surface area contributed by atoms with Crippen LogP contribution in [0, 0.1) is 5.92 Å². The number of nitrogens with one attached hydrogen (secondary N) is 1. The number of carbonyl (C=O) groups excluding carboxylic acids is 1. The average Bonchev–Trinajstić information content (AvgIpc) is 2.57. The summed E-state index contributed by atoms with van der Waals surface area (Å²) in [6.45, 7) is 1.34. The highest BCUT2D eigenvalue weighted by Crippen LogP contribution is 2.24. The van der Waals surface area contributed by atoms with E-state index in [0.717, 1.165) is 29.9 Å². The summed E-state index contributed by atoms with van der Waals surface area (Å²) in [5, 5.41) is 3.99. The van der Waals surface area contributed by atoms with Gasteiger partial charge in [0.25, 0.3) is 0 Å². The molecular formula is C16H22Cl2N2O3S2. The molecule has 0 unspecified atom stereocenters. The van der Waals surface area contributed by atoms with Gasteiger partial charge in [-0.25, -0.2) is 12.7 Å². The van der Waals surface area contributed by atoms with Gasteiger partial charge in [0, 0.05) is 31.1 Å². The molecule has 1 heterocycles. The van der Waals surface area contributed by atoms with Gasteiger partial charge in [0.05, 0.1) is 22.2 Å². The first kappa shape index (κ1) is 20.8. The molecule has 1 aliphatic heterocycles. The predicted octanol–water partition coefficient (Wildman–Crippen LogP) is 3.01. The lowest BCUT2D eigenvalue weighted by atomic mass is 9.99. The molecule has 140 valence electrons. The molecule has 0 aromatic heterocycles. The highest BCUT2D eigenvalue weighted by Gasteiger charge is 2.29. The van der Waals surface area contributed by atoms with Gasteiger partial charge in [-0.2, -0.15) is 11.8 Å². The first-order valence-electron chi connectivity index (χ1n) is 8.02. The number of nitrogens with zero attached hydrogens (tertiary/aromatic N) is 1. The highest BCUT2D eigenvalue weighted by atomic mass is 35.5. The van der Waals surface area contributed by atoms with Crippen LogP contribution < -0.4 is 5.32 Å². The average molecular weight is 425 g/mol. The van der Waals surface area contributed by atoms with Crippen molar-refractivity contribution in [2.75, 3.05) is 31.6 Å². The lowest BCUT2D eigenvalue weighted by molar-refractivity contribution is -0.125. The highest BCUT2D eigenvalue weighted by molar-refractivity contribution is 7.98. The topological polar surface area (TPSA) is 66.5 Å². The van der Waals surface area contributed by atoms with Crippen LogP contribution >= 0.6 is 35.0 Å².